The Hall–Kier alpha value is -1.06. The molecule has 0 saturated heterocycles. The third kappa shape index (κ3) is 8.09. The van der Waals surface area contributed by atoms with E-state index in [0.29, 0.717) is 13.0 Å². The Morgan fingerprint density at radius 2 is 1.72 bits per heavy atom. The molecule has 0 rings (SSSR count). The summed E-state index contributed by atoms with van der Waals surface area (Å²) in [4.78, 5) is 22.2. The zero-order chi connectivity index (χ0) is 14.0. The van der Waals surface area contributed by atoms with Crippen molar-refractivity contribution in [3.8, 4) is 0 Å². The van der Waals surface area contributed by atoms with Crippen LogP contribution in [0.15, 0.2) is 0 Å². The van der Waals surface area contributed by atoms with E-state index >= 15 is 0 Å². The van der Waals surface area contributed by atoms with Crippen molar-refractivity contribution in [2.45, 2.75) is 65.7 Å². The maximum absolute atomic E-state index is 11.4. The van der Waals surface area contributed by atoms with Crippen LogP contribution in [-0.2, 0) is 14.3 Å². The molecule has 0 amide bonds. The molecular formula is C14H26O4. The molecular weight excluding hydrogens is 232 g/mol. The molecule has 4 nitrogen and oxygen atoms in total. The van der Waals surface area contributed by atoms with Crippen LogP contribution in [0.4, 0.5) is 0 Å². The van der Waals surface area contributed by atoms with Crippen LogP contribution in [0.25, 0.3) is 0 Å². The molecule has 4 heteroatoms. The van der Waals surface area contributed by atoms with Gasteiger partial charge in [0, 0.05) is 6.42 Å². The first kappa shape index (κ1) is 16.9. The Kier molecular flexibility index (Phi) is 8.42. The number of rotatable bonds is 10. The highest BCUT2D eigenvalue weighted by Crippen LogP contribution is 2.22. The summed E-state index contributed by atoms with van der Waals surface area (Å²) >= 11 is 0. The van der Waals surface area contributed by atoms with Gasteiger partial charge in [-0.25, -0.2) is 0 Å². The average molecular weight is 258 g/mol. The number of hydrogen-bond donors (Lipinski definition) is 1. The summed E-state index contributed by atoms with van der Waals surface area (Å²) < 4.78 is 5.07. The minimum Gasteiger partial charge on any atom is -0.481 e. The molecule has 0 spiro atoms. The maximum atomic E-state index is 11.4. The molecule has 0 aliphatic rings. The second-order valence-corrected chi connectivity index (χ2v) is 5.32. The molecule has 18 heavy (non-hydrogen) atoms. The highest BCUT2D eigenvalue weighted by atomic mass is 16.5. The molecule has 0 fully saturated rings. The number of esters is 1. The number of carboxylic acid groups (broad SMARTS) is 1. The highest BCUT2D eigenvalue weighted by molar-refractivity contribution is 5.75. The van der Waals surface area contributed by atoms with Crippen molar-refractivity contribution < 1.29 is 19.4 Å². The summed E-state index contributed by atoms with van der Waals surface area (Å²) in [7, 11) is 0. The standard InChI is InChI=1S/C14H26O4/c1-4-5-6-7-8-11-18-12(15)9-10-14(2,3)13(16)17/h4-11H2,1-3H3,(H,16,17). The Morgan fingerprint density at radius 3 is 2.28 bits per heavy atom. The Balaban J connectivity index is 3.58. The Bertz CT molecular complexity index is 259. The Morgan fingerprint density at radius 1 is 1.11 bits per heavy atom. The van der Waals surface area contributed by atoms with Gasteiger partial charge in [-0.3, -0.25) is 9.59 Å². The van der Waals surface area contributed by atoms with Crippen molar-refractivity contribution in [3.05, 3.63) is 0 Å². The van der Waals surface area contributed by atoms with E-state index in [1.165, 1.54) is 19.3 Å². The second-order valence-electron chi connectivity index (χ2n) is 5.32. The van der Waals surface area contributed by atoms with Crippen LogP contribution in [-0.4, -0.2) is 23.7 Å². The summed E-state index contributed by atoms with van der Waals surface area (Å²) in [5, 5.41) is 8.90. The van der Waals surface area contributed by atoms with Crippen LogP contribution < -0.4 is 0 Å². The first-order valence-corrected chi connectivity index (χ1v) is 6.79. The van der Waals surface area contributed by atoms with Crippen LogP contribution in [0.1, 0.15) is 65.7 Å². The molecule has 0 heterocycles. The molecule has 1 N–H and O–H groups in total. The van der Waals surface area contributed by atoms with Gasteiger partial charge in [0.05, 0.1) is 12.0 Å². The fourth-order valence-electron chi connectivity index (χ4n) is 1.49. The topological polar surface area (TPSA) is 63.6 Å². The minimum atomic E-state index is -0.880. The van der Waals surface area contributed by atoms with Crippen LogP contribution in [0.5, 0.6) is 0 Å². The molecule has 0 atom stereocenters. The van der Waals surface area contributed by atoms with Gasteiger partial charge in [0.1, 0.15) is 0 Å². The number of carboxylic acids is 1. The monoisotopic (exact) mass is 258 g/mol. The molecule has 0 bridgehead atoms. The van der Waals surface area contributed by atoms with Gasteiger partial charge in [-0.15, -0.1) is 0 Å². The molecule has 0 aliphatic heterocycles. The molecule has 0 aromatic rings. The fourth-order valence-corrected chi connectivity index (χ4v) is 1.49. The van der Waals surface area contributed by atoms with Crippen molar-refractivity contribution >= 4 is 11.9 Å². The lowest BCUT2D eigenvalue weighted by Gasteiger charge is -2.17. The maximum Gasteiger partial charge on any atom is 0.309 e. The molecule has 0 aromatic heterocycles. The van der Waals surface area contributed by atoms with E-state index in [1.54, 1.807) is 13.8 Å². The van der Waals surface area contributed by atoms with E-state index in [2.05, 4.69) is 6.92 Å². The van der Waals surface area contributed by atoms with Gasteiger partial charge >= 0.3 is 11.9 Å². The third-order valence-corrected chi connectivity index (χ3v) is 3.04. The van der Waals surface area contributed by atoms with Crippen LogP contribution in [0, 0.1) is 5.41 Å². The Labute approximate surface area is 110 Å². The quantitative estimate of drug-likeness (QED) is 0.482. The molecule has 0 unspecified atom stereocenters. The van der Waals surface area contributed by atoms with Gasteiger partial charge in [0.2, 0.25) is 0 Å². The van der Waals surface area contributed by atoms with Gasteiger partial charge in [0.15, 0.2) is 0 Å². The first-order chi connectivity index (χ1) is 8.40. The van der Waals surface area contributed by atoms with Gasteiger partial charge in [-0.05, 0) is 26.7 Å². The molecule has 0 aliphatic carbocycles. The van der Waals surface area contributed by atoms with Crippen LogP contribution in [0.3, 0.4) is 0 Å². The van der Waals surface area contributed by atoms with Gasteiger partial charge in [0.25, 0.3) is 0 Å². The summed E-state index contributed by atoms with van der Waals surface area (Å²) in [6, 6.07) is 0. The molecule has 106 valence electrons. The van der Waals surface area contributed by atoms with Gasteiger partial charge < -0.3 is 9.84 Å². The fraction of sp³-hybridized carbons (Fsp3) is 0.857. The summed E-state index contributed by atoms with van der Waals surface area (Å²) in [5.41, 5.74) is -0.861. The molecule has 0 aromatic carbocycles. The summed E-state index contributed by atoms with van der Waals surface area (Å²) in [6.07, 6.45) is 6.08. The SMILES string of the molecule is CCCCCCCOC(=O)CCC(C)(C)C(=O)O. The largest absolute Gasteiger partial charge is 0.481 e. The van der Waals surface area contributed by atoms with Crippen molar-refractivity contribution in [1.82, 2.24) is 0 Å². The summed E-state index contributed by atoms with van der Waals surface area (Å²) in [6.45, 7) is 5.85. The van der Waals surface area contributed by atoms with E-state index in [9.17, 15) is 9.59 Å². The predicted molar refractivity (Wildman–Crippen MR) is 70.4 cm³/mol. The van der Waals surface area contributed by atoms with Gasteiger partial charge in [-0.1, -0.05) is 32.6 Å². The molecule has 0 saturated carbocycles. The molecule has 0 radical (unpaired) electrons. The average Bonchev–Trinajstić information content (AvgIpc) is 2.31. The van der Waals surface area contributed by atoms with Crippen molar-refractivity contribution in [2.24, 2.45) is 5.41 Å². The predicted octanol–water partition coefficient (Wildman–Crippen LogP) is 3.39. The number of hydrogen-bond acceptors (Lipinski definition) is 3. The summed E-state index contributed by atoms with van der Waals surface area (Å²) in [5.74, 6) is -1.17. The van der Waals surface area contributed by atoms with Gasteiger partial charge in [-0.2, -0.15) is 0 Å². The number of carbonyl (C=O) groups is 2. The lowest BCUT2D eigenvalue weighted by molar-refractivity contribution is -0.149. The number of carbonyl (C=O) groups excluding carboxylic acids is 1. The second kappa shape index (κ2) is 8.95. The minimum absolute atomic E-state index is 0.175. The van der Waals surface area contributed by atoms with E-state index in [4.69, 9.17) is 9.84 Å². The number of unbranched alkanes of at least 4 members (excludes halogenated alkanes) is 4. The number of ether oxygens (including phenoxy) is 1. The lowest BCUT2D eigenvalue weighted by Crippen LogP contribution is -2.24. The highest BCUT2D eigenvalue weighted by Gasteiger charge is 2.27. The normalized spacial score (nSPS) is 11.3. The van der Waals surface area contributed by atoms with Crippen molar-refractivity contribution in [2.75, 3.05) is 6.61 Å². The van der Waals surface area contributed by atoms with E-state index in [1.807, 2.05) is 0 Å². The van der Waals surface area contributed by atoms with Crippen molar-refractivity contribution in [3.63, 3.8) is 0 Å². The van der Waals surface area contributed by atoms with Crippen molar-refractivity contribution in [1.29, 1.82) is 0 Å². The van der Waals surface area contributed by atoms with E-state index in [0.717, 1.165) is 12.8 Å². The lowest BCUT2D eigenvalue weighted by atomic mass is 9.88. The smallest absolute Gasteiger partial charge is 0.309 e. The van der Waals surface area contributed by atoms with E-state index < -0.39 is 11.4 Å². The van der Waals surface area contributed by atoms with Crippen LogP contribution in [0.2, 0.25) is 0 Å². The zero-order valence-electron chi connectivity index (χ0n) is 11.8. The van der Waals surface area contributed by atoms with Crippen LogP contribution >= 0.6 is 0 Å². The number of aliphatic carboxylic acids is 1. The third-order valence-electron chi connectivity index (χ3n) is 3.04. The first-order valence-electron chi connectivity index (χ1n) is 6.79. The van der Waals surface area contributed by atoms with E-state index in [-0.39, 0.29) is 12.4 Å². The zero-order valence-corrected chi connectivity index (χ0v) is 11.8.